The highest BCUT2D eigenvalue weighted by Gasteiger charge is 2.75. The van der Waals surface area contributed by atoms with Crippen molar-refractivity contribution >= 4 is 12.1 Å². The molecule has 7 heteroatoms. The third kappa shape index (κ3) is 3.78. The molecule has 0 bridgehead atoms. The third-order valence-corrected chi connectivity index (χ3v) is 2.96. The van der Waals surface area contributed by atoms with Crippen LogP contribution in [0.5, 0.6) is 0 Å². The second-order valence-corrected chi connectivity index (χ2v) is 5.80. The zero-order valence-electron chi connectivity index (χ0n) is 11.3. The highest BCUT2D eigenvalue weighted by molar-refractivity contribution is 5.80. The smallest absolute Gasteiger partial charge is 0.407 e. The second kappa shape index (κ2) is 4.94. The minimum Gasteiger partial charge on any atom is -0.481 e. The average Bonchev–Trinajstić information content (AvgIpc) is 2.74. The summed E-state index contributed by atoms with van der Waals surface area (Å²) in [6.07, 6.45) is -1.26. The molecule has 0 heterocycles. The number of carboxylic acids is 1. The number of carboxylic acid groups (broad SMARTS) is 1. The molecule has 1 atom stereocenters. The molecule has 1 aliphatic rings. The van der Waals surface area contributed by atoms with Gasteiger partial charge in [0, 0.05) is 13.0 Å². The van der Waals surface area contributed by atoms with Crippen LogP contribution in [0.1, 0.15) is 40.0 Å². The van der Waals surface area contributed by atoms with Crippen molar-refractivity contribution in [2.24, 2.45) is 5.41 Å². The minimum atomic E-state index is -3.13. The molecule has 0 aromatic carbocycles. The second-order valence-electron chi connectivity index (χ2n) is 5.80. The molecule has 110 valence electrons. The van der Waals surface area contributed by atoms with Crippen molar-refractivity contribution in [3.05, 3.63) is 0 Å². The van der Waals surface area contributed by atoms with Crippen molar-refractivity contribution in [3.63, 3.8) is 0 Å². The zero-order chi connectivity index (χ0) is 14.9. The van der Waals surface area contributed by atoms with Crippen LogP contribution in [0.4, 0.5) is 13.6 Å². The summed E-state index contributed by atoms with van der Waals surface area (Å²) >= 11 is 0. The lowest BCUT2D eigenvalue weighted by Crippen LogP contribution is -2.33. The van der Waals surface area contributed by atoms with Gasteiger partial charge in [0.1, 0.15) is 11.0 Å². The first kappa shape index (κ1) is 15.7. The summed E-state index contributed by atoms with van der Waals surface area (Å²) < 4.78 is 31.0. The predicted molar refractivity (Wildman–Crippen MR) is 63.1 cm³/mol. The monoisotopic (exact) mass is 279 g/mol. The summed E-state index contributed by atoms with van der Waals surface area (Å²) in [6, 6.07) is 0. The number of aliphatic carboxylic acids is 1. The lowest BCUT2D eigenvalue weighted by molar-refractivity contribution is -0.148. The standard InChI is InChI=1S/C12H19F2NO4/c1-10(2,3)19-9(18)15-6-4-5-11(8(16)17)7-12(11,13)14/h4-7H2,1-3H3,(H,15,18)(H,16,17). The van der Waals surface area contributed by atoms with E-state index in [-0.39, 0.29) is 19.4 Å². The summed E-state index contributed by atoms with van der Waals surface area (Å²) in [7, 11) is 0. The van der Waals surface area contributed by atoms with Crippen LogP contribution in [0.25, 0.3) is 0 Å². The van der Waals surface area contributed by atoms with Crippen molar-refractivity contribution in [1.82, 2.24) is 5.32 Å². The molecule has 0 saturated heterocycles. The maximum atomic E-state index is 13.0. The van der Waals surface area contributed by atoms with E-state index in [0.29, 0.717) is 0 Å². The Bertz CT molecular complexity index is 378. The molecule has 1 fully saturated rings. The Labute approximate surface area is 110 Å². The van der Waals surface area contributed by atoms with E-state index >= 15 is 0 Å². The van der Waals surface area contributed by atoms with Crippen LogP contribution in [0.2, 0.25) is 0 Å². The molecule has 0 aromatic heterocycles. The first-order chi connectivity index (χ1) is 8.50. The zero-order valence-corrected chi connectivity index (χ0v) is 11.3. The van der Waals surface area contributed by atoms with Crippen LogP contribution < -0.4 is 5.32 Å². The van der Waals surface area contributed by atoms with Gasteiger partial charge in [0.05, 0.1) is 0 Å². The Kier molecular flexibility index (Phi) is 4.07. The Morgan fingerprint density at radius 2 is 1.89 bits per heavy atom. The lowest BCUT2D eigenvalue weighted by Gasteiger charge is -2.19. The number of halogens is 2. The van der Waals surface area contributed by atoms with E-state index in [0.717, 1.165) is 0 Å². The summed E-state index contributed by atoms with van der Waals surface area (Å²) in [6.45, 7) is 5.23. The molecule has 5 nitrogen and oxygen atoms in total. The molecule has 1 unspecified atom stereocenters. The van der Waals surface area contributed by atoms with Gasteiger partial charge in [0.2, 0.25) is 0 Å². The molecule has 1 saturated carbocycles. The maximum absolute atomic E-state index is 13.0. The number of rotatable bonds is 5. The van der Waals surface area contributed by atoms with E-state index in [1.54, 1.807) is 20.8 Å². The summed E-state index contributed by atoms with van der Waals surface area (Å²) in [4.78, 5) is 22.1. The molecule has 19 heavy (non-hydrogen) atoms. The van der Waals surface area contributed by atoms with Gasteiger partial charge in [0.15, 0.2) is 0 Å². The van der Waals surface area contributed by atoms with Crippen LogP contribution in [-0.2, 0) is 9.53 Å². The van der Waals surface area contributed by atoms with Crippen molar-refractivity contribution in [1.29, 1.82) is 0 Å². The third-order valence-electron chi connectivity index (χ3n) is 2.96. The highest BCUT2D eigenvalue weighted by atomic mass is 19.3. The van der Waals surface area contributed by atoms with Gasteiger partial charge in [-0.05, 0) is 33.6 Å². The number of hydrogen-bond donors (Lipinski definition) is 2. The van der Waals surface area contributed by atoms with Crippen LogP contribution in [0, 0.1) is 5.41 Å². The topological polar surface area (TPSA) is 75.6 Å². The maximum Gasteiger partial charge on any atom is 0.407 e. The van der Waals surface area contributed by atoms with Crippen molar-refractivity contribution < 1.29 is 28.2 Å². The van der Waals surface area contributed by atoms with Crippen LogP contribution in [0.3, 0.4) is 0 Å². The molecular formula is C12H19F2NO4. The minimum absolute atomic E-state index is 0.111. The SMILES string of the molecule is CC(C)(C)OC(=O)NCCCC1(C(=O)O)CC1(F)F. The van der Waals surface area contributed by atoms with E-state index in [4.69, 9.17) is 9.84 Å². The number of carbonyl (C=O) groups excluding carboxylic acids is 1. The van der Waals surface area contributed by atoms with Gasteiger partial charge in [-0.1, -0.05) is 0 Å². The van der Waals surface area contributed by atoms with E-state index in [9.17, 15) is 18.4 Å². The molecule has 0 spiro atoms. The molecule has 0 radical (unpaired) electrons. The van der Waals surface area contributed by atoms with Crippen molar-refractivity contribution in [2.45, 2.75) is 51.6 Å². The van der Waals surface area contributed by atoms with Crippen molar-refractivity contribution in [2.75, 3.05) is 6.54 Å². The number of ether oxygens (including phenoxy) is 1. The molecule has 0 aliphatic heterocycles. The first-order valence-corrected chi connectivity index (χ1v) is 6.08. The number of alkyl halides is 2. The summed E-state index contributed by atoms with van der Waals surface area (Å²) in [5, 5.41) is 11.2. The molecule has 1 amide bonds. The Hall–Kier alpha value is -1.40. The fraction of sp³-hybridized carbons (Fsp3) is 0.833. The number of nitrogens with one attached hydrogen (secondary N) is 1. The van der Waals surface area contributed by atoms with E-state index in [1.165, 1.54) is 0 Å². The van der Waals surface area contributed by atoms with E-state index < -0.39 is 35.4 Å². The fourth-order valence-corrected chi connectivity index (χ4v) is 1.84. The van der Waals surface area contributed by atoms with Gasteiger partial charge in [-0.2, -0.15) is 0 Å². The quantitative estimate of drug-likeness (QED) is 0.758. The highest BCUT2D eigenvalue weighted by Crippen LogP contribution is 2.63. The molecule has 1 rings (SSSR count). The number of carbonyl (C=O) groups is 2. The largest absolute Gasteiger partial charge is 0.481 e. The van der Waals surface area contributed by atoms with E-state index in [1.807, 2.05) is 0 Å². The van der Waals surface area contributed by atoms with Gasteiger partial charge in [-0.25, -0.2) is 13.6 Å². The molecular weight excluding hydrogens is 260 g/mol. The Morgan fingerprint density at radius 1 is 1.37 bits per heavy atom. The van der Waals surface area contributed by atoms with Crippen LogP contribution in [0.15, 0.2) is 0 Å². The van der Waals surface area contributed by atoms with Gasteiger partial charge in [-0.15, -0.1) is 0 Å². The van der Waals surface area contributed by atoms with Gasteiger partial charge >= 0.3 is 12.1 Å². The first-order valence-electron chi connectivity index (χ1n) is 6.08. The molecule has 1 aliphatic carbocycles. The van der Waals surface area contributed by atoms with Crippen molar-refractivity contribution in [3.8, 4) is 0 Å². The number of hydrogen-bond acceptors (Lipinski definition) is 3. The Morgan fingerprint density at radius 3 is 2.26 bits per heavy atom. The molecule has 2 N–H and O–H groups in total. The van der Waals surface area contributed by atoms with Gasteiger partial charge < -0.3 is 15.2 Å². The average molecular weight is 279 g/mol. The van der Waals surface area contributed by atoms with Gasteiger partial charge in [-0.3, -0.25) is 4.79 Å². The normalized spacial score (nSPS) is 24.7. The number of alkyl carbamates (subject to hydrolysis) is 1. The number of amides is 1. The van der Waals surface area contributed by atoms with Crippen LogP contribution >= 0.6 is 0 Å². The van der Waals surface area contributed by atoms with E-state index in [2.05, 4.69) is 5.32 Å². The van der Waals surface area contributed by atoms with Gasteiger partial charge in [0.25, 0.3) is 5.92 Å². The summed E-state index contributed by atoms with van der Waals surface area (Å²) in [5.74, 6) is -4.61. The summed E-state index contributed by atoms with van der Waals surface area (Å²) in [5.41, 5.74) is -2.57. The molecule has 0 aromatic rings. The Balaban J connectivity index is 2.29. The fourth-order valence-electron chi connectivity index (χ4n) is 1.84. The lowest BCUT2D eigenvalue weighted by atomic mass is 10.00. The van der Waals surface area contributed by atoms with Crippen LogP contribution in [-0.4, -0.2) is 35.2 Å². The predicted octanol–water partition coefficient (Wildman–Crippen LogP) is 2.40.